The van der Waals surface area contributed by atoms with Crippen LogP contribution in [-0.2, 0) is 0 Å². The fourth-order valence-corrected chi connectivity index (χ4v) is 3.35. The maximum absolute atomic E-state index is 10.7. The van der Waals surface area contributed by atoms with Crippen molar-refractivity contribution in [3.05, 3.63) is 0 Å². The molecule has 0 aromatic heterocycles. The van der Waals surface area contributed by atoms with Crippen molar-refractivity contribution in [3.63, 3.8) is 0 Å². The lowest BCUT2D eigenvalue weighted by atomic mass is 9.67. The Morgan fingerprint density at radius 3 is 2.44 bits per heavy atom. The molecule has 4 nitrogen and oxygen atoms in total. The Kier molecular flexibility index (Phi) is 5.63. The summed E-state index contributed by atoms with van der Waals surface area (Å²) in [5.74, 6) is 0.708. The van der Waals surface area contributed by atoms with E-state index in [1.54, 1.807) is 0 Å². The van der Waals surface area contributed by atoms with Crippen molar-refractivity contribution in [1.82, 2.24) is 5.43 Å². The Morgan fingerprint density at radius 1 is 1.33 bits per heavy atom. The predicted molar refractivity (Wildman–Crippen MR) is 75.4 cm³/mol. The Balaban J connectivity index is 2.65. The third-order valence-electron chi connectivity index (χ3n) is 3.74. The molecule has 1 saturated carbocycles. The highest BCUT2D eigenvalue weighted by Crippen LogP contribution is 2.44. The third kappa shape index (κ3) is 5.07. The molecule has 0 heterocycles. The van der Waals surface area contributed by atoms with Crippen LogP contribution < -0.4 is 11.2 Å². The monoisotopic (exact) mass is 253 g/mol. The molecule has 0 bridgehead atoms. The van der Waals surface area contributed by atoms with Crippen LogP contribution in [0.2, 0.25) is 0 Å². The van der Waals surface area contributed by atoms with E-state index in [2.05, 4.69) is 24.4 Å². The van der Waals surface area contributed by atoms with Crippen molar-refractivity contribution in [2.24, 2.45) is 22.2 Å². The van der Waals surface area contributed by atoms with Gasteiger partial charge in [0.15, 0.2) is 0 Å². The van der Waals surface area contributed by atoms with Crippen LogP contribution in [0.5, 0.6) is 0 Å². The first kappa shape index (κ1) is 15.0. The summed E-state index contributed by atoms with van der Waals surface area (Å²) in [6, 6.07) is -0.587. The van der Waals surface area contributed by atoms with Crippen LogP contribution in [0, 0.1) is 11.3 Å². The van der Waals surface area contributed by atoms with Gasteiger partial charge in [-0.2, -0.15) is 5.10 Å². The summed E-state index contributed by atoms with van der Waals surface area (Å²) in [5.41, 5.74) is 8.73. The van der Waals surface area contributed by atoms with Crippen molar-refractivity contribution >= 4 is 11.7 Å². The first-order valence-electron chi connectivity index (χ1n) is 7.02. The Labute approximate surface area is 110 Å². The summed E-state index contributed by atoms with van der Waals surface area (Å²) in [4.78, 5) is 10.7. The second-order valence-electron chi connectivity index (χ2n) is 6.16. The molecule has 0 unspecified atom stereocenters. The first-order valence-corrected chi connectivity index (χ1v) is 7.02. The number of carbonyl (C=O) groups is 1. The first-order chi connectivity index (χ1) is 8.43. The molecule has 1 aliphatic rings. The fourth-order valence-electron chi connectivity index (χ4n) is 3.35. The molecule has 1 aliphatic carbocycles. The van der Waals surface area contributed by atoms with Gasteiger partial charge in [0.1, 0.15) is 0 Å². The average Bonchev–Trinajstić information content (AvgIpc) is 2.26. The molecule has 0 aromatic carbocycles. The van der Waals surface area contributed by atoms with Crippen LogP contribution in [0.3, 0.4) is 0 Å². The number of hydrazone groups is 1. The Morgan fingerprint density at radius 2 is 1.94 bits per heavy atom. The zero-order valence-electron chi connectivity index (χ0n) is 12.0. The van der Waals surface area contributed by atoms with Gasteiger partial charge < -0.3 is 5.73 Å². The second kappa shape index (κ2) is 6.76. The summed E-state index contributed by atoms with van der Waals surface area (Å²) in [6.07, 6.45) is 8.80. The van der Waals surface area contributed by atoms with E-state index >= 15 is 0 Å². The molecule has 0 atom stereocenters. The van der Waals surface area contributed by atoms with Crippen molar-refractivity contribution < 1.29 is 4.79 Å². The normalized spacial score (nSPS) is 19.9. The van der Waals surface area contributed by atoms with Gasteiger partial charge in [-0.25, -0.2) is 10.2 Å². The summed E-state index contributed by atoms with van der Waals surface area (Å²) in [6.45, 7) is 6.54. The molecular formula is C14H27N3O. The molecule has 1 fully saturated rings. The van der Waals surface area contributed by atoms with Crippen molar-refractivity contribution in [2.75, 3.05) is 0 Å². The van der Waals surface area contributed by atoms with Gasteiger partial charge in [-0.3, -0.25) is 0 Å². The number of primary amides is 1. The third-order valence-corrected chi connectivity index (χ3v) is 3.74. The average molecular weight is 253 g/mol. The number of nitrogens with one attached hydrogen (secondary N) is 1. The number of urea groups is 1. The molecular weight excluding hydrogens is 226 g/mol. The predicted octanol–water partition coefficient (Wildman–Crippen LogP) is 3.42. The largest absolute Gasteiger partial charge is 0.350 e. The van der Waals surface area contributed by atoms with E-state index in [0.29, 0.717) is 11.3 Å². The number of nitrogens with zero attached hydrogens (tertiary/aromatic N) is 1. The van der Waals surface area contributed by atoms with Gasteiger partial charge in [0.25, 0.3) is 0 Å². The number of amides is 2. The highest BCUT2D eigenvalue weighted by molar-refractivity contribution is 5.84. The van der Waals surface area contributed by atoms with Crippen molar-refractivity contribution in [2.45, 2.75) is 65.7 Å². The summed E-state index contributed by atoms with van der Waals surface area (Å²) in [5, 5.41) is 4.06. The number of nitrogens with two attached hydrogens (primary N) is 1. The van der Waals surface area contributed by atoms with E-state index in [4.69, 9.17) is 5.73 Å². The van der Waals surface area contributed by atoms with Gasteiger partial charge in [0.2, 0.25) is 0 Å². The van der Waals surface area contributed by atoms with E-state index in [-0.39, 0.29) is 0 Å². The molecule has 0 aliphatic heterocycles. The molecule has 0 saturated heterocycles. The molecule has 18 heavy (non-hydrogen) atoms. The second-order valence-corrected chi connectivity index (χ2v) is 6.16. The topological polar surface area (TPSA) is 67.5 Å². The SMILES string of the molecule is C/C(CC1(CC(C)C)CCCCC1)=N\NC(N)=O. The standard InChI is InChI=1S/C14H27N3O/c1-11(2)9-14(7-5-4-6-8-14)10-12(3)16-17-13(15)18/h11H,4-10H2,1-3H3,(H3,15,17,18)/b16-12+. The molecule has 104 valence electrons. The van der Waals surface area contributed by atoms with Crippen LogP contribution in [0.1, 0.15) is 65.7 Å². The molecule has 1 rings (SSSR count). The zero-order valence-corrected chi connectivity index (χ0v) is 12.0. The molecule has 0 aromatic rings. The zero-order chi connectivity index (χ0) is 13.6. The van der Waals surface area contributed by atoms with Crippen molar-refractivity contribution in [3.8, 4) is 0 Å². The lowest BCUT2D eigenvalue weighted by molar-refractivity contribution is 0.158. The van der Waals surface area contributed by atoms with E-state index < -0.39 is 6.03 Å². The maximum Gasteiger partial charge on any atom is 0.332 e. The van der Waals surface area contributed by atoms with Gasteiger partial charge in [-0.05, 0) is 43.9 Å². The van der Waals surface area contributed by atoms with Crippen LogP contribution in [0.25, 0.3) is 0 Å². The highest BCUT2D eigenvalue weighted by Gasteiger charge is 2.33. The lowest BCUT2D eigenvalue weighted by Crippen LogP contribution is -2.30. The minimum absolute atomic E-state index is 0.388. The minimum atomic E-state index is -0.587. The van der Waals surface area contributed by atoms with Gasteiger partial charge in [0, 0.05) is 5.71 Å². The Bertz CT molecular complexity index is 304. The minimum Gasteiger partial charge on any atom is -0.350 e. The van der Waals surface area contributed by atoms with Crippen molar-refractivity contribution in [1.29, 1.82) is 0 Å². The van der Waals surface area contributed by atoms with E-state index in [1.807, 2.05) is 6.92 Å². The Hall–Kier alpha value is -1.06. The lowest BCUT2D eigenvalue weighted by Gasteiger charge is -2.39. The fraction of sp³-hybridized carbons (Fsp3) is 0.857. The summed E-state index contributed by atoms with van der Waals surface area (Å²) < 4.78 is 0. The van der Waals surface area contributed by atoms with Gasteiger partial charge in [0.05, 0.1) is 0 Å². The van der Waals surface area contributed by atoms with Gasteiger partial charge in [-0.15, -0.1) is 0 Å². The van der Waals surface area contributed by atoms with E-state index in [1.165, 1.54) is 38.5 Å². The van der Waals surface area contributed by atoms with Crippen LogP contribution >= 0.6 is 0 Å². The van der Waals surface area contributed by atoms with Crippen LogP contribution in [-0.4, -0.2) is 11.7 Å². The quantitative estimate of drug-likeness (QED) is 0.572. The molecule has 4 heteroatoms. The van der Waals surface area contributed by atoms with Gasteiger partial charge in [-0.1, -0.05) is 33.1 Å². The van der Waals surface area contributed by atoms with Crippen LogP contribution in [0.15, 0.2) is 5.10 Å². The number of hydrogen-bond acceptors (Lipinski definition) is 2. The number of rotatable bonds is 5. The molecule has 2 amide bonds. The van der Waals surface area contributed by atoms with E-state index in [0.717, 1.165) is 12.1 Å². The van der Waals surface area contributed by atoms with E-state index in [9.17, 15) is 4.79 Å². The highest BCUT2D eigenvalue weighted by atomic mass is 16.2. The van der Waals surface area contributed by atoms with Gasteiger partial charge >= 0.3 is 6.03 Å². The number of hydrogen-bond donors (Lipinski definition) is 2. The van der Waals surface area contributed by atoms with Crippen LogP contribution in [0.4, 0.5) is 4.79 Å². The maximum atomic E-state index is 10.7. The summed E-state index contributed by atoms with van der Waals surface area (Å²) >= 11 is 0. The number of carbonyl (C=O) groups excluding carboxylic acids is 1. The summed E-state index contributed by atoms with van der Waals surface area (Å²) in [7, 11) is 0. The molecule has 0 radical (unpaired) electrons. The molecule has 3 N–H and O–H groups in total. The smallest absolute Gasteiger partial charge is 0.332 e. The molecule has 0 spiro atoms.